The lowest BCUT2D eigenvalue weighted by Crippen LogP contribution is -2.33. The average molecular weight is 310 g/mol. The summed E-state index contributed by atoms with van der Waals surface area (Å²) in [5, 5.41) is 23.0. The predicted molar refractivity (Wildman–Crippen MR) is 71.3 cm³/mol. The molecule has 3 atom stereocenters. The number of hydrogen-bond donors (Lipinski definition) is 2. The monoisotopic (exact) mass is 310 g/mol. The van der Waals surface area contributed by atoms with Gasteiger partial charge in [-0.1, -0.05) is 5.11 Å². The fourth-order valence-electron chi connectivity index (χ4n) is 2.04. The van der Waals surface area contributed by atoms with Gasteiger partial charge in [0.05, 0.1) is 18.8 Å². The van der Waals surface area contributed by atoms with Crippen LogP contribution in [-0.4, -0.2) is 33.4 Å². The molecule has 2 rings (SSSR count). The highest BCUT2D eigenvalue weighted by molar-refractivity contribution is 8.03. The maximum absolute atomic E-state index is 11.8. The molecule has 0 bridgehead atoms. The van der Waals surface area contributed by atoms with E-state index in [4.69, 9.17) is 15.5 Å². The molecule has 1 saturated heterocycles. The number of nitrogens with one attached hydrogen (secondary N) is 1. The van der Waals surface area contributed by atoms with E-state index in [1.54, 1.807) is 5.40 Å². The average Bonchev–Trinajstić information content (AvgIpc) is 2.85. The summed E-state index contributed by atoms with van der Waals surface area (Å²) in [6, 6.07) is -0.615. The highest BCUT2D eigenvalue weighted by atomic mass is 32.2. The van der Waals surface area contributed by atoms with E-state index in [1.165, 1.54) is 6.20 Å². The van der Waals surface area contributed by atoms with Gasteiger partial charge in [-0.05, 0) is 17.3 Å². The van der Waals surface area contributed by atoms with Crippen LogP contribution in [0.5, 0.6) is 0 Å². The quantitative estimate of drug-likeness (QED) is 0.263. The standard InChI is InChI=1S/C10H10N6O4S/c11-4-21-7-2-16(10(19)13-9(7)18)8-1-5(14-15-12)6(3-17)20-8/h2,5-6,8,17H,1,3H2,(H,13,18,19)/t5?,6-,8-/m0/s1. The summed E-state index contributed by atoms with van der Waals surface area (Å²) in [5.74, 6) is 0. The van der Waals surface area contributed by atoms with Crippen LogP contribution >= 0.6 is 11.8 Å². The molecular weight excluding hydrogens is 300 g/mol. The topological polar surface area (TPSA) is 157 Å². The normalized spacial score (nSPS) is 24.3. The number of H-pyrrole nitrogens is 1. The van der Waals surface area contributed by atoms with Crippen molar-refractivity contribution < 1.29 is 9.84 Å². The van der Waals surface area contributed by atoms with Crippen molar-refractivity contribution in [2.75, 3.05) is 6.61 Å². The van der Waals surface area contributed by atoms with Crippen molar-refractivity contribution in [1.82, 2.24) is 9.55 Å². The minimum Gasteiger partial charge on any atom is -0.394 e. The summed E-state index contributed by atoms with van der Waals surface area (Å²) in [7, 11) is 0. The maximum Gasteiger partial charge on any atom is 0.330 e. The van der Waals surface area contributed by atoms with Crippen LogP contribution in [0.1, 0.15) is 12.6 Å². The smallest absolute Gasteiger partial charge is 0.330 e. The van der Waals surface area contributed by atoms with E-state index in [-0.39, 0.29) is 17.9 Å². The third-order valence-electron chi connectivity index (χ3n) is 2.99. The number of ether oxygens (including phenoxy) is 1. The molecule has 0 spiro atoms. The number of thiocyanates is 1. The van der Waals surface area contributed by atoms with Gasteiger partial charge in [0.25, 0.3) is 5.56 Å². The zero-order valence-electron chi connectivity index (χ0n) is 10.5. The number of azide groups is 1. The molecule has 110 valence electrons. The van der Waals surface area contributed by atoms with E-state index in [1.807, 2.05) is 0 Å². The molecule has 0 radical (unpaired) electrons. The molecule has 21 heavy (non-hydrogen) atoms. The van der Waals surface area contributed by atoms with Crippen LogP contribution in [0.4, 0.5) is 0 Å². The molecule has 1 aliphatic rings. The van der Waals surface area contributed by atoms with Crippen molar-refractivity contribution in [1.29, 1.82) is 5.26 Å². The molecular formula is C10H10N6O4S. The van der Waals surface area contributed by atoms with Gasteiger partial charge in [-0.2, -0.15) is 5.26 Å². The summed E-state index contributed by atoms with van der Waals surface area (Å²) < 4.78 is 6.56. The van der Waals surface area contributed by atoms with Gasteiger partial charge in [-0.15, -0.1) is 0 Å². The van der Waals surface area contributed by atoms with Gasteiger partial charge in [0, 0.05) is 17.5 Å². The number of nitriles is 1. The Labute approximate surface area is 121 Å². The highest BCUT2D eigenvalue weighted by Crippen LogP contribution is 2.30. The molecule has 10 nitrogen and oxygen atoms in total. The van der Waals surface area contributed by atoms with Crippen LogP contribution in [0, 0.1) is 10.7 Å². The Kier molecular flexibility index (Phi) is 4.66. The lowest BCUT2D eigenvalue weighted by atomic mass is 10.1. The molecule has 1 aliphatic heterocycles. The van der Waals surface area contributed by atoms with Gasteiger partial charge in [0.2, 0.25) is 0 Å². The van der Waals surface area contributed by atoms with E-state index in [0.717, 1.165) is 4.57 Å². The zero-order chi connectivity index (χ0) is 15.4. The Morgan fingerprint density at radius 3 is 3.10 bits per heavy atom. The van der Waals surface area contributed by atoms with E-state index >= 15 is 0 Å². The minimum absolute atomic E-state index is 0.0495. The van der Waals surface area contributed by atoms with Crippen molar-refractivity contribution in [2.45, 2.75) is 29.7 Å². The summed E-state index contributed by atoms with van der Waals surface area (Å²) >= 11 is 0.616. The molecule has 0 aliphatic carbocycles. The summed E-state index contributed by atoms with van der Waals surface area (Å²) in [5.41, 5.74) is 7.10. The van der Waals surface area contributed by atoms with Crippen molar-refractivity contribution in [3.05, 3.63) is 37.5 Å². The first-order valence-corrected chi connectivity index (χ1v) is 6.64. The van der Waals surface area contributed by atoms with Gasteiger partial charge in [0.1, 0.15) is 16.5 Å². The Balaban J connectivity index is 2.37. The maximum atomic E-state index is 11.8. The fraction of sp³-hybridized carbons (Fsp3) is 0.500. The summed E-state index contributed by atoms with van der Waals surface area (Å²) in [4.78, 5) is 28.1. The van der Waals surface area contributed by atoms with E-state index in [2.05, 4.69) is 15.0 Å². The Morgan fingerprint density at radius 1 is 1.71 bits per heavy atom. The largest absolute Gasteiger partial charge is 0.394 e. The number of aromatic amines is 1. The van der Waals surface area contributed by atoms with Gasteiger partial charge >= 0.3 is 5.69 Å². The molecule has 2 N–H and O–H groups in total. The molecule has 1 aromatic heterocycles. The second-order valence-corrected chi connectivity index (χ2v) is 5.00. The van der Waals surface area contributed by atoms with Crippen molar-refractivity contribution in [2.24, 2.45) is 5.11 Å². The predicted octanol–water partition coefficient (Wildman–Crippen LogP) is 0.0685. The van der Waals surface area contributed by atoms with Gasteiger partial charge in [-0.25, -0.2) is 4.79 Å². The van der Waals surface area contributed by atoms with Crippen LogP contribution < -0.4 is 11.2 Å². The number of nitrogens with zero attached hydrogens (tertiary/aromatic N) is 5. The Morgan fingerprint density at radius 2 is 2.48 bits per heavy atom. The van der Waals surface area contributed by atoms with Crippen LogP contribution in [0.25, 0.3) is 10.4 Å². The van der Waals surface area contributed by atoms with Gasteiger partial charge in [0.15, 0.2) is 0 Å². The highest BCUT2D eigenvalue weighted by Gasteiger charge is 2.35. The second-order valence-electron chi connectivity index (χ2n) is 4.17. The molecule has 2 heterocycles. The number of aromatic nitrogens is 2. The Bertz CT molecular complexity index is 730. The van der Waals surface area contributed by atoms with E-state index < -0.39 is 29.6 Å². The third kappa shape index (κ3) is 3.09. The number of rotatable bonds is 4. The number of aliphatic hydroxyl groups is 1. The van der Waals surface area contributed by atoms with Gasteiger partial charge in [-0.3, -0.25) is 14.3 Å². The molecule has 1 unspecified atom stereocenters. The molecule has 0 amide bonds. The fourth-order valence-corrected chi connectivity index (χ4v) is 2.45. The molecule has 1 aromatic rings. The van der Waals surface area contributed by atoms with Crippen molar-refractivity contribution in [3.63, 3.8) is 0 Å². The van der Waals surface area contributed by atoms with Crippen LogP contribution in [0.3, 0.4) is 0 Å². The molecule has 0 saturated carbocycles. The third-order valence-corrected chi connectivity index (χ3v) is 3.59. The number of hydrogen-bond acceptors (Lipinski definition) is 7. The zero-order valence-corrected chi connectivity index (χ0v) is 11.4. The second kappa shape index (κ2) is 6.47. The Hall–Kier alpha value is -2.25. The summed E-state index contributed by atoms with van der Waals surface area (Å²) in [6.45, 7) is -0.363. The molecule has 1 fully saturated rings. The first-order chi connectivity index (χ1) is 10.1. The van der Waals surface area contributed by atoms with E-state index in [0.29, 0.717) is 11.8 Å². The van der Waals surface area contributed by atoms with Crippen LogP contribution in [0.15, 0.2) is 25.8 Å². The number of thioether (sulfide) groups is 1. The van der Waals surface area contributed by atoms with Crippen molar-refractivity contribution >= 4 is 11.8 Å². The molecule has 0 aromatic carbocycles. The van der Waals surface area contributed by atoms with Crippen molar-refractivity contribution in [3.8, 4) is 5.40 Å². The lowest BCUT2D eigenvalue weighted by Gasteiger charge is -2.14. The molecule has 11 heteroatoms. The van der Waals surface area contributed by atoms with Crippen LogP contribution in [0.2, 0.25) is 0 Å². The first kappa shape index (κ1) is 15.1. The lowest BCUT2D eigenvalue weighted by molar-refractivity contribution is -0.0274. The SMILES string of the molecule is N#CSc1cn([C@@H]2CC(N=[N+]=[N-])[C@H](CO)O2)c(=O)[nH]c1=O. The first-order valence-electron chi connectivity index (χ1n) is 5.82. The minimum atomic E-state index is -0.792. The van der Waals surface area contributed by atoms with Gasteiger partial charge < -0.3 is 9.84 Å². The summed E-state index contributed by atoms with van der Waals surface area (Å²) in [6.07, 6.45) is -0.123. The van der Waals surface area contributed by atoms with E-state index in [9.17, 15) is 14.7 Å². The number of aliphatic hydroxyl groups excluding tert-OH is 1. The van der Waals surface area contributed by atoms with Crippen LogP contribution in [-0.2, 0) is 4.74 Å².